The minimum Gasteiger partial charge on any atom is -0.461 e. The van der Waals surface area contributed by atoms with Crippen molar-refractivity contribution in [3.8, 4) is 0 Å². The molecule has 0 aromatic rings. The third-order valence-corrected chi connectivity index (χ3v) is 4.42. The quantitative estimate of drug-likeness (QED) is 0.210. The third kappa shape index (κ3) is 3.95. The number of hydrogen-bond acceptors (Lipinski definition) is 9. The van der Waals surface area contributed by atoms with Gasteiger partial charge in [-0.25, -0.2) is 4.79 Å². The summed E-state index contributed by atoms with van der Waals surface area (Å²) in [6.07, 6.45) is 0. The monoisotopic (exact) mass is 366 g/mol. The summed E-state index contributed by atoms with van der Waals surface area (Å²) in [5.74, 6) is -1.40. The zero-order valence-corrected chi connectivity index (χ0v) is 13.7. The van der Waals surface area contributed by atoms with E-state index in [1.54, 1.807) is 0 Å². The van der Waals surface area contributed by atoms with Gasteiger partial charge in [0.15, 0.2) is 0 Å². The fourth-order valence-corrected chi connectivity index (χ4v) is 3.33. The van der Waals surface area contributed by atoms with Crippen LogP contribution in [-0.2, 0) is 33.4 Å². The number of halogens is 1. The normalized spacial score (nSPS) is 22.3. The molecule has 23 heavy (non-hydrogen) atoms. The first kappa shape index (κ1) is 19.3. The third-order valence-electron chi connectivity index (χ3n) is 3.06. The molecule has 2 heterocycles. The molecule has 0 bridgehead atoms. The average Bonchev–Trinajstić information content (AvgIpc) is 2.51. The zero-order valence-electron chi connectivity index (χ0n) is 12.1. The van der Waals surface area contributed by atoms with E-state index in [9.17, 15) is 19.2 Å². The van der Waals surface area contributed by atoms with Crippen LogP contribution in [0.15, 0.2) is 11.3 Å². The number of carbonyl (C=O) groups excluding carboxylic acids is 4. The first-order valence-corrected chi connectivity index (χ1v) is 7.30. The topological polar surface area (TPSA) is 125 Å². The summed E-state index contributed by atoms with van der Waals surface area (Å²) in [5.41, 5.74) is 6.11. The summed E-state index contributed by atoms with van der Waals surface area (Å²) in [6, 6.07) is -0.686. The summed E-state index contributed by atoms with van der Waals surface area (Å²) in [6.45, 7) is 0.664. The molecule has 9 nitrogen and oxygen atoms in total. The highest BCUT2D eigenvalue weighted by atomic mass is 35.5. The van der Waals surface area contributed by atoms with Gasteiger partial charge < -0.3 is 19.9 Å². The van der Waals surface area contributed by atoms with E-state index in [0.29, 0.717) is 11.3 Å². The maximum atomic E-state index is 12.1. The van der Waals surface area contributed by atoms with Crippen molar-refractivity contribution in [1.82, 2.24) is 4.90 Å². The number of ether oxygens (including phenoxy) is 3. The van der Waals surface area contributed by atoms with Gasteiger partial charge in [-0.15, -0.1) is 24.2 Å². The van der Waals surface area contributed by atoms with Crippen LogP contribution in [0.1, 0.15) is 6.92 Å². The number of fused-ring (bicyclic) bond motifs is 1. The number of thioether (sulfide) groups is 1. The number of nitrogens with zero attached hydrogens (tertiary/aromatic N) is 1. The highest BCUT2D eigenvalue weighted by molar-refractivity contribution is 8.00. The number of hydrogen-bond donors (Lipinski definition) is 1. The van der Waals surface area contributed by atoms with Crippen molar-refractivity contribution in [2.45, 2.75) is 18.3 Å². The molecule has 0 unspecified atom stereocenters. The lowest BCUT2D eigenvalue weighted by molar-refractivity contribution is -0.162. The average molecular weight is 367 g/mol. The number of amides is 1. The van der Waals surface area contributed by atoms with Crippen molar-refractivity contribution >= 4 is 48.5 Å². The van der Waals surface area contributed by atoms with Gasteiger partial charge in [0.2, 0.25) is 12.7 Å². The fourth-order valence-electron chi connectivity index (χ4n) is 2.05. The Morgan fingerprint density at radius 2 is 2.13 bits per heavy atom. The van der Waals surface area contributed by atoms with Gasteiger partial charge in [0.25, 0.3) is 6.47 Å². The molecular formula is C12H15ClN2O7S. The Labute approximate surface area is 141 Å². The van der Waals surface area contributed by atoms with Gasteiger partial charge in [0.1, 0.15) is 23.7 Å². The SMILES string of the molecule is CC(=O)OCC1=C(C(=O)OCOC=O)N2C(=O)[C@@H](N)[C@H]2SC1.Cl. The van der Waals surface area contributed by atoms with Crippen LogP contribution >= 0.6 is 24.2 Å². The second-order valence-electron chi connectivity index (χ2n) is 4.48. The number of β-lactam (4-membered cyclic amide) rings is 1. The van der Waals surface area contributed by atoms with Gasteiger partial charge in [0.05, 0.1) is 0 Å². The van der Waals surface area contributed by atoms with E-state index in [1.807, 2.05) is 0 Å². The van der Waals surface area contributed by atoms with Crippen LogP contribution in [0.3, 0.4) is 0 Å². The van der Waals surface area contributed by atoms with Gasteiger partial charge in [-0.1, -0.05) is 0 Å². The van der Waals surface area contributed by atoms with Gasteiger partial charge in [0, 0.05) is 18.2 Å². The van der Waals surface area contributed by atoms with Gasteiger partial charge in [-0.05, 0) is 0 Å². The molecule has 1 saturated heterocycles. The van der Waals surface area contributed by atoms with Crippen LogP contribution in [0, 0.1) is 0 Å². The molecule has 1 amide bonds. The molecule has 2 rings (SSSR count). The van der Waals surface area contributed by atoms with Crippen molar-refractivity contribution in [2.24, 2.45) is 5.73 Å². The van der Waals surface area contributed by atoms with Crippen molar-refractivity contribution in [1.29, 1.82) is 0 Å². The van der Waals surface area contributed by atoms with Crippen LogP contribution in [0.5, 0.6) is 0 Å². The summed E-state index contributed by atoms with van der Waals surface area (Å²) < 4.78 is 13.9. The van der Waals surface area contributed by atoms with Crippen molar-refractivity contribution in [3.63, 3.8) is 0 Å². The summed E-state index contributed by atoms with van der Waals surface area (Å²) in [5, 5.41) is -0.358. The molecule has 0 aliphatic carbocycles. The Bertz CT molecular complexity index is 554. The van der Waals surface area contributed by atoms with Gasteiger partial charge in [-0.3, -0.25) is 19.3 Å². The van der Waals surface area contributed by atoms with Gasteiger partial charge >= 0.3 is 11.9 Å². The second kappa shape index (κ2) is 8.18. The fraction of sp³-hybridized carbons (Fsp3) is 0.500. The van der Waals surface area contributed by atoms with Crippen LogP contribution in [0.25, 0.3) is 0 Å². The molecule has 1 fully saturated rings. The largest absolute Gasteiger partial charge is 0.461 e. The molecule has 0 aromatic heterocycles. The highest BCUT2D eigenvalue weighted by Crippen LogP contribution is 2.39. The molecular weight excluding hydrogens is 352 g/mol. The minimum atomic E-state index is -0.838. The van der Waals surface area contributed by atoms with E-state index >= 15 is 0 Å². The maximum absolute atomic E-state index is 12.1. The molecule has 2 N–H and O–H groups in total. The molecule has 11 heteroatoms. The lowest BCUT2D eigenvalue weighted by Crippen LogP contribution is -2.68. The van der Waals surface area contributed by atoms with E-state index in [4.69, 9.17) is 15.2 Å². The Kier molecular flexibility index (Phi) is 6.85. The van der Waals surface area contributed by atoms with E-state index in [2.05, 4.69) is 4.74 Å². The molecule has 0 spiro atoms. The predicted molar refractivity (Wildman–Crippen MR) is 80.1 cm³/mol. The van der Waals surface area contributed by atoms with Crippen LogP contribution in [0.2, 0.25) is 0 Å². The summed E-state index contributed by atoms with van der Waals surface area (Å²) in [7, 11) is 0. The molecule has 0 saturated carbocycles. The van der Waals surface area contributed by atoms with Crippen LogP contribution in [-0.4, -0.2) is 59.8 Å². The smallest absolute Gasteiger partial charge is 0.358 e. The lowest BCUT2D eigenvalue weighted by Gasteiger charge is -2.48. The molecule has 128 valence electrons. The van der Waals surface area contributed by atoms with Crippen LogP contribution < -0.4 is 5.73 Å². The van der Waals surface area contributed by atoms with Crippen LogP contribution in [0.4, 0.5) is 0 Å². The number of rotatable bonds is 6. The summed E-state index contributed by atoms with van der Waals surface area (Å²) in [4.78, 5) is 46.2. The minimum absolute atomic E-state index is 0. The lowest BCUT2D eigenvalue weighted by atomic mass is 10.0. The Hall–Kier alpha value is -1.78. The van der Waals surface area contributed by atoms with Crippen molar-refractivity contribution in [3.05, 3.63) is 11.3 Å². The van der Waals surface area contributed by atoms with Crippen molar-refractivity contribution < 1.29 is 33.4 Å². The van der Waals surface area contributed by atoms with E-state index < -0.39 is 30.7 Å². The highest BCUT2D eigenvalue weighted by Gasteiger charge is 2.52. The Morgan fingerprint density at radius 1 is 1.43 bits per heavy atom. The standard InChI is InChI=1S/C12H14N2O7S.ClH/c1-6(16)20-2-7-3-22-11-8(13)10(17)14(11)9(7)12(18)21-5-19-4-15;/h4,8,11H,2-3,5,13H2,1H3;1H/t8-,11-;/m1./s1. The van der Waals surface area contributed by atoms with Crippen molar-refractivity contribution in [2.75, 3.05) is 19.2 Å². The summed E-state index contributed by atoms with van der Waals surface area (Å²) >= 11 is 1.37. The van der Waals surface area contributed by atoms with E-state index in [0.717, 1.165) is 0 Å². The zero-order chi connectivity index (χ0) is 16.3. The number of esters is 2. The number of carbonyl (C=O) groups is 4. The first-order valence-electron chi connectivity index (χ1n) is 6.25. The molecule has 0 radical (unpaired) electrons. The predicted octanol–water partition coefficient (Wildman–Crippen LogP) is -0.858. The molecule has 2 aliphatic heterocycles. The molecule has 0 aromatic carbocycles. The Morgan fingerprint density at radius 3 is 2.74 bits per heavy atom. The second-order valence-corrected chi connectivity index (χ2v) is 5.59. The van der Waals surface area contributed by atoms with E-state index in [1.165, 1.54) is 23.6 Å². The molecule has 2 aliphatic rings. The first-order chi connectivity index (χ1) is 10.5. The maximum Gasteiger partial charge on any atom is 0.358 e. The Balaban J connectivity index is 0.00000264. The number of nitrogens with two attached hydrogens (primary N) is 1. The van der Waals surface area contributed by atoms with E-state index in [-0.39, 0.29) is 36.6 Å². The van der Waals surface area contributed by atoms with Gasteiger partial charge in [-0.2, -0.15) is 0 Å². The molecule has 2 atom stereocenters.